The number of carbonyl (C=O) groups is 1. The molecule has 18 heavy (non-hydrogen) atoms. The molecule has 0 aliphatic heterocycles. The van der Waals surface area contributed by atoms with Crippen molar-refractivity contribution >= 4 is 38.4 Å². The smallest absolute Gasteiger partial charge is 0.241 e. The van der Waals surface area contributed by atoms with Crippen LogP contribution in [0.15, 0.2) is 34.9 Å². The van der Waals surface area contributed by atoms with Gasteiger partial charge in [-0.05, 0) is 42.0 Å². The van der Waals surface area contributed by atoms with Gasteiger partial charge in [0.25, 0.3) is 0 Å². The van der Waals surface area contributed by atoms with Gasteiger partial charge < -0.3 is 10.6 Å². The van der Waals surface area contributed by atoms with Crippen molar-refractivity contribution in [1.82, 2.24) is 10.3 Å². The SMILES string of the molecule is CNC(C)C(=O)Nc1cccc2cc(Br)cnc12. The lowest BCUT2D eigenvalue weighted by Gasteiger charge is -2.12. The summed E-state index contributed by atoms with van der Waals surface area (Å²) < 4.78 is 0.919. The molecule has 1 atom stereocenters. The summed E-state index contributed by atoms with van der Waals surface area (Å²) in [6.07, 6.45) is 1.72. The largest absolute Gasteiger partial charge is 0.323 e. The third-order valence-electron chi connectivity index (χ3n) is 2.76. The summed E-state index contributed by atoms with van der Waals surface area (Å²) >= 11 is 3.38. The molecule has 0 bridgehead atoms. The van der Waals surface area contributed by atoms with Crippen LogP contribution in [0.2, 0.25) is 0 Å². The molecule has 5 heteroatoms. The molecule has 0 spiro atoms. The summed E-state index contributed by atoms with van der Waals surface area (Å²) in [5.74, 6) is -0.0743. The zero-order chi connectivity index (χ0) is 13.1. The van der Waals surface area contributed by atoms with Crippen molar-refractivity contribution in [2.45, 2.75) is 13.0 Å². The summed E-state index contributed by atoms with van der Waals surface area (Å²) in [5, 5.41) is 6.76. The summed E-state index contributed by atoms with van der Waals surface area (Å²) in [4.78, 5) is 16.2. The van der Waals surface area contributed by atoms with Gasteiger partial charge in [0.1, 0.15) is 0 Å². The number of pyridine rings is 1. The van der Waals surface area contributed by atoms with Crippen molar-refractivity contribution in [2.24, 2.45) is 0 Å². The number of aromatic nitrogens is 1. The van der Waals surface area contributed by atoms with E-state index in [0.717, 1.165) is 21.1 Å². The van der Waals surface area contributed by atoms with Gasteiger partial charge in [0, 0.05) is 16.1 Å². The first-order chi connectivity index (χ1) is 8.61. The van der Waals surface area contributed by atoms with E-state index < -0.39 is 0 Å². The Bertz CT molecular complexity index is 585. The number of halogens is 1. The van der Waals surface area contributed by atoms with Crippen LogP contribution in [0.25, 0.3) is 10.9 Å². The van der Waals surface area contributed by atoms with Gasteiger partial charge in [0.05, 0.1) is 17.2 Å². The van der Waals surface area contributed by atoms with E-state index in [-0.39, 0.29) is 11.9 Å². The first-order valence-corrected chi connectivity index (χ1v) is 6.43. The zero-order valence-corrected chi connectivity index (χ0v) is 11.8. The molecule has 0 saturated carbocycles. The van der Waals surface area contributed by atoms with Gasteiger partial charge in [0.15, 0.2) is 0 Å². The van der Waals surface area contributed by atoms with E-state index in [2.05, 4.69) is 31.5 Å². The van der Waals surface area contributed by atoms with E-state index in [1.165, 1.54) is 0 Å². The van der Waals surface area contributed by atoms with E-state index >= 15 is 0 Å². The summed E-state index contributed by atoms with van der Waals surface area (Å²) in [6.45, 7) is 1.81. The summed E-state index contributed by atoms with van der Waals surface area (Å²) in [7, 11) is 1.75. The first-order valence-electron chi connectivity index (χ1n) is 5.64. The number of hydrogen-bond donors (Lipinski definition) is 2. The molecule has 94 valence electrons. The second kappa shape index (κ2) is 5.46. The normalized spacial score (nSPS) is 12.4. The molecule has 0 aliphatic carbocycles. The van der Waals surface area contributed by atoms with Crippen LogP contribution in [-0.4, -0.2) is 24.0 Å². The van der Waals surface area contributed by atoms with Gasteiger partial charge in [-0.1, -0.05) is 12.1 Å². The third-order valence-corrected chi connectivity index (χ3v) is 3.20. The molecular formula is C13H14BrN3O. The number of amides is 1. The average Bonchev–Trinajstić information content (AvgIpc) is 2.37. The molecule has 1 amide bonds. The van der Waals surface area contributed by atoms with Gasteiger partial charge in [0.2, 0.25) is 5.91 Å². The fraction of sp³-hybridized carbons (Fsp3) is 0.231. The second-order valence-electron chi connectivity index (χ2n) is 4.03. The highest BCUT2D eigenvalue weighted by Crippen LogP contribution is 2.23. The molecule has 4 nitrogen and oxygen atoms in total. The molecule has 0 radical (unpaired) electrons. The van der Waals surface area contributed by atoms with E-state index in [0.29, 0.717) is 0 Å². The van der Waals surface area contributed by atoms with Gasteiger partial charge in [-0.15, -0.1) is 0 Å². The molecule has 2 rings (SSSR count). The van der Waals surface area contributed by atoms with Gasteiger partial charge in [-0.25, -0.2) is 0 Å². The Kier molecular flexibility index (Phi) is 3.93. The molecular weight excluding hydrogens is 294 g/mol. The van der Waals surface area contributed by atoms with Crippen LogP contribution in [0.3, 0.4) is 0 Å². The predicted octanol–water partition coefficient (Wildman–Crippen LogP) is 2.54. The van der Waals surface area contributed by atoms with Crippen molar-refractivity contribution in [3.63, 3.8) is 0 Å². The quantitative estimate of drug-likeness (QED) is 0.916. The molecule has 1 heterocycles. The zero-order valence-electron chi connectivity index (χ0n) is 10.2. The van der Waals surface area contributed by atoms with Crippen molar-refractivity contribution < 1.29 is 4.79 Å². The minimum absolute atomic E-state index is 0.0743. The summed E-state index contributed by atoms with van der Waals surface area (Å²) in [6, 6.07) is 7.44. The molecule has 2 N–H and O–H groups in total. The second-order valence-corrected chi connectivity index (χ2v) is 4.95. The Morgan fingerprint density at radius 1 is 1.44 bits per heavy atom. The van der Waals surface area contributed by atoms with E-state index in [1.54, 1.807) is 13.2 Å². The number of fused-ring (bicyclic) bond motifs is 1. The highest BCUT2D eigenvalue weighted by atomic mass is 79.9. The number of hydrogen-bond acceptors (Lipinski definition) is 3. The van der Waals surface area contributed by atoms with E-state index in [4.69, 9.17) is 0 Å². The maximum atomic E-state index is 11.8. The van der Waals surface area contributed by atoms with Crippen LogP contribution in [0, 0.1) is 0 Å². The average molecular weight is 308 g/mol. The van der Waals surface area contributed by atoms with Crippen LogP contribution in [0.5, 0.6) is 0 Å². The lowest BCUT2D eigenvalue weighted by Crippen LogP contribution is -2.35. The standard InChI is InChI=1S/C13H14BrN3O/c1-8(15-2)13(18)17-11-5-3-4-9-6-10(14)7-16-12(9)11/h3-8,15H,1-2H3,(H,17,18). The summed E-state index contributed by atoms with van der Waals surface area (Å²) in [5.41, 5.74) is 1.52. The number of likely N-dealkylation sites (N-methyl/N-ethyl adjacent to an activating group) is 1. The van der Waals surface area contributed by atoms with Crippen LogP contribution < -0.4 is 10.6 Å². The number of rotatable bonds is 3. The van der Waals surface area contributed by atoms with Gasteiger partial charge >= 0.3 is 0 Å². The number of carbonyl (C=O) groups excluding carboxylic acids is 1. The first kappa shape index (κ1) is 13.0. The molecule has 0 fully saturated rings. The fourth-order valence-electron chi connectivity index (χ4n) is 1.61. The maximum absolute atomic E-state index is 11.8. The molecule has 1 aromatic heterocycles. The molecule has 1 unspecified atom stereocenters. The van der Waals surface area contributed by atoms with Crippen molar-refractivity contribution in [2.75, 3.05) is 12.4 Å². The molecule has 1 aromatic carbocycles. The Balaban J connectivity index is 2.37. The molecule has 0 saturated heterocycles. The monoisotopic (exact) mass is 307 g/mol. The van der Waals surface area contributed by atoms with Crippen LogP contribution in [0.1, 0.15) is 6.92 Å². The van der Waals surface area contributed by atoms with Gasteiger partial charge in [-0.3, -0.25) is 9.78 Å². The van der Waals surface area contributed by atoms with Crippen molar-refractivity contribution in [3.8, 4) is 0 Å². The molecule has 2 aromatic rings. The van der Waals surface area contributed by atoms with Crippen molar-refractivity contribution in [1.29, 1.82) is 0 Å². The lowest BCUT2D eigenvalue weighted by atomic mass is 10.2. The van der Waals surface area contributed by atoms with Crippen molar-refractivity contribution in [3.05, 3.63) is 34.9 Å². The number of anilines is 1. The minimum atomic E-state index is -0.240. The topological polar surface area (TPSA) is 54.0 Å². The highest BCUT2D eigenvalue weighted by Gasteiger charge is 2.12. The van der Waals surface area contributed by atoms with Gasteiger partial charge in [-0.2, -0.15) is 0 Å². The van der Waals surface area contributed by atoms with Crippen LogP contribution >= 0.6 is 15.9 Å². The molecule has 0 aliphatic rings. The number of nitrogens with zero attached hydrogens (tertiary/aromatic N) is 1. The Morgan fingerprint density at radius 3 is 2.94 bits per heavy atom. The minimum Gasteiger partial charge on any atom is -0.323 e. The Hall–Kier alpha value is -1.46. The third kappa shape index (κ3) is 2.68. The fourth-order valence-corrected chi connectivity index (χ4v) is 1.96. The lowest BCUT2D eigenvalue weighted by molar-refractivity contribution is -0.117. The Labute approximate surface area is 114 Å². The highest BCUT2D eigenvalue weighted by molar-refractivity contribution is 9.10. The van der Waals surface area contributed by atoms with Crippen LogP contribution in [-0.2, 0) is 4.79 Å². The van der Waals surface area contributed by atoms with Crippen LogP contribution in [0.4, 0.5) is 5.69 Å². The van der Waals surface area contributed by atoms with E-state index in [1.807, 2.05) is 31.2 Å². The predicted molar refractivity (Wildman–Crippen MR) is 76.6 cm³/mol. The number of benzene rings is 1. The Morgan fingerprint density at radius 2 is 2.22 bits per heavy atom. The number of para-hydroxylation sites is 1. The number of nitrogens with one attached hydrogen (secondary N) is 2. The maximum Gasteiger partial charge on any atom is 0.241 e. The van der Waals surface area contributed by atoms with E-state index in [9.17, 15) is 4.79 Å².